The zero-order chi connectivity index (χ0) is 15.6. The third-order valence-corrected chi connectivity index (χ3v) is 3.71. The summed E-state index contributed by atoms with van der Waals surface area (Å²) in [7, 11) is 0. The molecule has 1 fully saturated rings. The van der Waals surface area contributed by atoms with E-state index in [-0.39, 0.29) is 17.6 Å². The second-order valence-corrected chi connectivity index (χ2v) is 7.47. The average molecular weight is 280 g/mol. The maximum atomic E-state index is 12.2. The number of hydrogen-bond donors (Lipinski definition) is 0. The van der Waals surface area contributed by atoms with Gasteiger partial charge in [-0.15, -0.1) is 0 Å². The Morgan fingerprint density at radius 1 is 1.50 bits per heavy atom. The molecule has 114 valence electrons. The first-order valence-electron chi connectivity index (χ1n) is 7.49. The monoisotopic (exact) mass is 280 g/mol. The van der Waals surface area contributed by atoms with Gasteiger partial charge in [-0.2, -0.15) is 5.26 Å². The van der Waals surface area contributed by atoms with Crippen LogP contribution in [0.25, 0.3) is 0 Å². The van der Waals surface area contributed by atoms with Gasteiger partial charge in [0.1, 0.15) is 5.60 Å². The standard InChI is InChI=1S/C16H28N2O2/c1-12(2)9-16(11-17)7-8-18(13(3)10-16)14(19)20-15(4,5)6/h12-13H,7-10H2,1-6H3. The Morgan fingerprint density at radius 3 is 2.50 bits per heavy atom. The van der Waals surface area contributed by atoms with E-state index in [9.17, 15) is 10.1 Å². The van der Waals surface area contributed by atoms with Gasteiger partial charge < -0.3 is 9.64 Å². The van der Waals surface area contributed by atoms with Gasteiger partial charge in [0.15, 0.2) is 0 Å². The summed E-state index contributed by atoms with van der Waals surface area (Å²) in [5.41, 5.74) is -0.759. The lowest BCUT2D eigenvalue weighted by Gasteiger charge is -2.42. The minimum Gasteiger partial charge on any atom is -0.444 e. The number of piperidine rings is 1. The van der Waals surface area contributed by atoms with Crippen LogP contribution < -0.4 is 0 Å². The van der Waals surface area contributed by atoms with Crippen LogP contribution in [-0.4, -0.2) is 29.2 Å². The summed E-state index contributed by atoms with van der Waals surface area (Å²) in [5.74, 6) is 0.495. The van der Waals surface area contributed by atoms with Crippen molar-refractivity contribution in [2.45, 2.75) is 72.4 Å². The molecule has 0 bridgehead atoms. The minimum absolute atomic E-state index is 0.0528. The predicted octanol–water partition coefficient (Wildman–Crippen LogP) is 3.96. The largest absolute Gasteiger partial charge is 0.444 e. The van der Waals surface area contributed by atoms with Crippen LogP contribution in [0.4, 0.5) is 4.79 Å². The summed E-state index contributed by atoms with van der Waals surface area (Å²) in [6, 6.07) is 2.56. The first-order valence-corrected chi connectivity index (χ1v) is 7.49. The van der Waals surface area contributed by atoms with Crippen molar-refractivity contribution in [3.63, 3.8) is 0 Å². The summed E-state index contributed by atoms with van der Waals surface area (Å²) in [5, 5.41) is 9.53. The number of rotatable bonds is 2. The molecule has 0 aromatic heterocycles. The molecule has 1 rings (SSSR count). The van der Waals surface area contributed by atoms with Gasteiger partial charge in [0, 0.05) is 12.6 Å². The number of amides is 1. The van der Waals surface area contributed by atoms with E-state index in [2.05, 4.69) is 19.9 Å². The second kappa shape index (κ2) is 6.03. The van der Waals surface area contributed by atoms with Crippen molar-refractivity contribution >= 4 is 6.09 Å². The van der Waals surface area contributed by atoms with Crippen molar-refractivity contribution < 1.29 is 9.53 Å². The zero-order valence-electron chi connectivity index (χ0n) is 13.7. The summed E-state index contributed by atoms with van der Waals surface area (Å²) in [6.07, 6.45) is 2.11. The molecule has 0 aromatic carbocycles. The SMILES string of the molecule is CC(C)CC1(C#N)CCN(C(=O)OC(C)(C)C)C(C)C1. The Bertz CT molecular complexity index is 392. The fourth-order valence-corrected chi connectivity index (χ4v) is 3.04. The second-order valence-electron chi connectivity index (χ2n) is 7.47. The molecule has 4 nitrogen and oxygen atoms in total. The van der Waals surface area contributed by atoms with Crippen LogP contribution >= 0.6 is 0 Å². The summed E-state index contributed by atoms with van der Waals surface area (Å²) in [6.45, 7) is 12.5. The highest BCUT2D eigenvalue weighted by Gasteiger charge is 2.41. The van der Waals surface area contributed by atoms with Gasteiger partial charge in [-0.25, -0.2) is 4.79 Å². The molecule has 2 atom stereocenters. The van der Waals surface area contributed by atoms with E-state index in [0.717, 1.165) is 19.3 Å². The lowest BCUT2D eigenvalue weighted by atomic mass is 9.72. The molecular formula is C16H28N2O2. The van der Waals surface area contributed by atoms with Crippen molar-refractivity contribution in [1.82, 2.24) is 4.90 Å². The molecule has 1 aliphatic rings. The lowest BCUT2D eigenvalue weighted by molar-refractivity contribution is -0.000262. The first kappa shape index (κ1) is 16.8. The van der Waals surface area contributed by atoms with Gasteiger partial charge in [-0.1, -0.05) is 13.8 Å². The molecule has 1 saturated heterocycles. The van der Waals surface area contributed by atoms with E-state index in [4.69, 9.17) is 4.74 Å². The maximum Gasteiger partial charge on any atom is 0.410 e. The molecule has 0 saturated carbocycles. The molecule has 1 aliphatic heterocycles. The van der Waals surface area contributed by atoms with Gasteiger partial charge >= 0.3 is 6.09 Å². The normalized spacial score (nSPS) is 27.3. The molecule has 0 aliphatic carbocycles. The summed E-state index contributed by atoms with van der Waals surface area (Å²) in [4.78, 5) is 13.9. The number of ether oxygens (including phenoxy) is 1. The number of carbonyl (C=O) groups is 1. The van der Waals surface area contributed by atoms with Crippen molar-refractivity contribution in [2.24, 2.45) is 11.3 Å². The molecule has 0 radical (unpaired) electrons. The molecule has 2 unspecified atom stereocenters. The number of nitriles is 1. The molecule has 0 N–H and O–H groups in total. The minimum atomic E-state index is -0.474. The van der Waals surface area contributed by atoms with E-state index in [1.54, 1.807) is 4.90 Å². The van der Waals surface area contributed by atoms with E-state index in [1.165, 1.54) is 0 Å². The Labute approximate surface area is 123 Å². The van der Waals surface area contributed by atoms with Crippen LogP contribution in [0.3, 0.4) is 0 Å². The van der Waals surface area contributed by atoms with Gasteiger partial charge in [-0.05, 0) is 52.9 Å². The van der Waals surface area contributed by atoms with Gasteiger partial charge in [0.05, 0.1) is 11.5 Å². The van der Waals surface area contributed by atoms with Crippen LogP contribution in [0.5, 0.6) is 0 Å². The topological polar surface area (TPSA) is 53.3 Å². The first-order chi connectivity index (χ1) is 9.08. The Balaban J connectivity index is 2.72. The van der Waals surface area contributed by atoms with Crippen molar-refractivity contribution in [1.29, 1.82) is 5.26 Å². The van der Waals surface area contributed by atoms with Gasteiger partial charge in [0.25, 0.3) is 0 Å². The van der Waals surface area contributed by atoms with E-state index >= 15 is 0 Å². The quantitative estimate of drug-likeness (QED) is 0.769. The molecule has 20 heavy (non-hydrogen) atoms. The highest BCUT2D eigenvalue weighted by atomic mass is 16.6. The van der Waals surface area contributed by atoms with E-state index in [0.29, 0.717) is 12.5 Å². The molecule has 0 spiro atoms. The number of nitrogens with zero attached hydrogens (tertiary/aromatic N) is 2. The van der Waals surface area contributed by atoms with Crippen LogP contribution in [0.1, 0.15) is 60.8 Å². The summed E-state index contributed by atoms with van der Waals surface area (Å²) < 4.78 is 5.43. The summed E-state index contributed by atoms with van der Waals surface area (Å²) >= 11 is 0. The Morgan fingerprint density at radius 2 is 2.10 bits per heavy atom. The fourth-order valence-electron chi connectivity index (χ4n) is 3.04. The van der Waals surface area contributed by atoms with Crippen molar-refractivity contribution in [3.8, 4) is 6.07 Å². The average Bonchev–Trinajstić information content (AvgIpc) is 2.25. The smallest absolute Gasteiger partial charge is 0.410 e. The van der Waals surface area contributed by atoms with Crippen molar-refractivity contribution in [3.05, 3.63) is 0 Å². The van der Waals surface area contributed by atoms with Crippen molar-refractivity contribution in [2.75, 3.05) is 6.54 Å². The number of hydrogen-bond acceptors (Lipinski definition) is 3. The fraction of sp³-hybridized carbons (Fsp3) is 0.875. The van der Waals surface area contributed by atoms with Gasteiger partial charge in [0.2, 0.25) is 0 Å². The Kier molecular flexibility index (Phi) is 5.07. The lowest BCUT2D eigenvalue weighted by Crippen LogP contribution is -2.50. The molecule has 4 heteroatoms. The predicted molar refractivity (Wildman–Crippen MR) is 79.1 cm³/mol. The van der Waals surface area contributed by atoms with Crippen LogP contribution in [0.15, 0.2) is 0 Å². The molecule has 0 aromatic rings. The third-order valence-electron chi connectivity index (χ3n) is 3.71. The number of likely N-dealkylation sites (tertiary alicyclic amines) is 1. The molecular weight excluding hydrogens is 252 g/mol. The van der Waals surface area contributed by atoms with Crippen LogP contribution in [0.2, 0.25) is 0 Å². The highest BCUT2D eigenvalue weighted by molar-refractivity contribution is 5.68. The number of carbonyl (C=O) groups excluding carboxylic acids is 1. The maximum absolute atomic E-state index is 12.2. The zero-order valence-corrected chi connectivity index (χ0v) is 13.7. The highest BCUT2D eigenvalue weighted by Crippen LogP contribution is 2.40. The molecule has 1 heterocycles. The third kappa shape index (κ3) is 4.40. The van der Waals surface area contributed by atoms with Crippen LogP contribution in [-0.2, 0) is 4.74 Å². The molecule has 1 amide bonds. The van der Waals surface area contributed by atoms with Crippen LogP contribution in [0, 0.1) is 22.7 Å². The van der Waals surface area contributed by atoms with Gasteiger partial charge in [-0.3, -0.25) is 0 Å². The van der Waals surface area contributed by atoms with E-state index < -0.39 is 5.60 Å². The Hall–Kier alpha value is -1.24. The van der Waals surface area contributed by atoms with E-state index in [1.807, 2.05) is 27.7 Å².